The molecule has 0 unspecified atom stereocenters. The molecule has 0 N–H and O–H groups in total. The fraction of sp³-hybridized carbons (Fsp3) is 0.857. The molecule has 13 heavy (non-hydrogen) atoms. The molecule has 0 atom stereocenters. The summed E-state index contributed by atoms with van der Waals surface area (Å²) >= 11 is 0. The second-order valence-corrected chi connectivity index (χ2v) is 9.00. The third-order valence-electron chi connectivity index (χ3n) is 0. The topological polar surface area (TPSA) is 23.8 Å². The maximum Gasteiger partial charge on any atom is 1.00 e. The Morgan fingerprint density at radius 1 is 0.692 bits per heavy atom. The third-order valence-corrected chi connectivity index (χ3v) is 0. The summed E-state index contributed by atoms with van der Waals surface area (Å²) in [4.78, 5) is 0. The predicted octanol–water partition coefficient (Wildman–Crippen LogP) is -3.16. The fourth-order valence-corrected chi connectivity index (χ4v) is 0. The van der Waals surface area contributed by atoms with Gasteiger partial charge in [-0.1, -0.05) is 0 Å². The quantitative estimate of drug-likeness (QED) is 0.329. The molecule has 0 bridgehead atoms. The SMILES string of the molecule is C[Si-](C)C.C[Si-](C)C.[C-]#N.[Cu+].[Li+].[Li+]. The monoisotopic (exact) mass is 249 g/mol. The van der Waals surface area contributed by atoms with Gasteiger partial charge in [0.2, 0.25) is 0 Å². The van der Waals surface area contributed by atoms with Gasteiger partial charge < -0.3 is 11.8 Å². The molecule has 0 aliphatic heterocycles. The molecule has 0 saturated heterocycles. The molecule has 1 nitrogen and oxygen atoms in total. The van der Waals surface area contributed by atoms with Crippen molar-refractivity contribution in [3.63, 3.8) is 0 Å². The minimum absolute atomic E-state index is 0. The van der Waals surface area contributed by atoms with E-state index in [1.807, 2.05) is 0 Å². The first-order valence-corrected chi connectivity index (χ1v) is 9.22. The van der Waals surface area contributed by atoms with Gasteiger partial charge in [0.15, 0.2) is 0 Å². The Labute approximate surface area is 122 Å². The second kappa shape index (κ2) is 37.3. The van der Waals surface area contributed by atoms with Gasteiger partial charge in [0.25, 0.3) is 0 Å². The maximum absolute atomic E-state index is 6.25. The van der Waals surface area contributed by atoms with Crippen molar-refractivity contribution >= 4 is 17.6 Å². The summed E-state index contributed by atoms with van der Waals surface area (Å²) in [5, 5.41) is 6.25. The van der Waals surface area contributed by atoms with Crippen molar-refractivity contribution in [2.75, 3.05) is 0 Å². The van der Waals surface area contributed by atoms with Gasteiger partial charge in [-0.2, -0.15) is 39.3 Å². The van der Waals surface area contributed by atoms with E-state index < -0.39 is 0 Å². The van der Waals surface area contributed by atoms with E-state index in [0.717, 1.165) is 0 Å². The van der Waals surface area contributed by atoms with E-state index in [1.165, 1.54) is 0 Å². The Morgan fingerprint density at radius 2 is 0.692 bits per heavy atom. The first kappa shape index (κ1) is 36.5. The van der Waals surface area contributed by atoms with Crippen molar-refractivity contribution < 1.29 is 54.8 Å². The molecule has 0 aliphatic rings. The van der Waals surface area contributed by atoms with Gasteiger partial charge in [-0.05, 0) is 0 Å². The molecule has 0 aromatic rings. The molecule has 0 heterocycles. The van der Waals surface area contributed by atoms with Crippen LogP contribution in [0, 0.1) is 11.8 Å². The average Bonchev–Trinajstić information content (AvgIpc) is 1.66. The van der Waals surface area contributed by atoms with Gasteiger partial charge in [0.1, 0.15) is 0 Å². The van der Waals surface area contributed by atoms with Gasteiger partial charge in [0.05, 0.1) is 0 Å². The molecule has 0 spiro atoms. The molecule has 0 fully saturated rings. The minimum atomic E-state index is 0. The zero-order valence-corrected chi connectivity index (χ0v) is 13.2. The summed E-state index contributed by atoms with van der Waals surface area (Å²) in [6.07, 6.45) is 0. The standard InChI is InChI=1S/2C3H9Si.CN.Cu.2Li/c2*1-4(2)3;1-2;;;/h2*1-3H3;;;;/q3*-1;3*+1. The van der Waals surface area contributed by atoms with E-state index in [4.69, 9.17) is 11.8 Å². The molecule has 0 rings (SSSR count). The van der Waals surface area contributed by atoms with Gasteiger partial charge >= 0.3 is 54.8 Å². The normalized spacial score (nSPS) is 5.69. The van der Waals surface area contributed by atoms with Crippen molar-refractivity contribution in [3.8, 4) is 0 Å². The smallest absolute Gasteiger partial charge is 0.512 e. The third kappa shape index (κ3) is 688. The number of nitrogens with zero attached hydrogens (tertiary/aromatic N) is 1. The van der Waals surface area contributed by atoms with Crippen molar-refractivity contribution in [2.24, 2.45) is 0 Å². The Hall–Kier alpha value is 1.64. The molecule has 0 aromatic carbocycles. The van der Waals surface area contributed by atoms with Crippen LogP contribution in [0.25, 0.3) is 0 Å². The van der Waals surface area contributed by atoms with Crippen LogP contribution in [0.2, 0.25) is 39.3 Å². The Balaban J connectivity index is -0.0000000133. The average molecular weight is 250 g/mol. The number of hydrogen-bond donors (Lipinski definition) is 0. The van der Waals surface area contributed by atoms with E-state index >= 15 is 0 Å². The number of rotatable bonds is 0. The molecule has 0 radical (unpaired) electrons. The predicted molar refractivity (Wildman–Crippen MR) is 51.7 cm³/mol. The minimum Gasteiger partial charge on any atom is -0.512 e. The first-order chi connectivity index (χ1) is 4.46. The summed E-state index contributed by atoms with van der Waals surface area (Å²) in [6, 6.07) is 0. The summed E-state index contributed by atoms with van der Waals surface area (Å²) in [5.41, 5.74) is 0. The summed E-state index contributed by atoms with van der Waals surface area (Å²) < 4.78 is 0. The molecule has 6 heteroatoms. The van der Waals surface area contributed by atoms with Crippen LogP contribution in [0.4, 0.5) is 0 Å². The fourth-order valence-electron chi connectivity index (χ4n) is 0. The van der Waals surface area contributed by atoms with E-state index in [1.54, 1.807) is 0 Å². The van der Waals surface area contributed by atoms with Crippen LogP contribution < -0.4 is 37.7 Å². The van der Waals surface area contributed by atoms with Crippen LogP contribution in [0.5, 0.6) is 0 Å². The van der Waals surface area contributed by atoms with Crippen LogP contribution in [-0.4, -0.2) is 17.6 Å². The molecule has 0 aliphatic carbocycles. The van der Waals surface area contributed by atoms with Crippen LogP contribution >= 0.6 is 0 Å². The number of hydrogen-bond acceptors (Lipinski definition) is 1. The van der Waals surface area contributed by atoms with E-state index in [-0.39, 0.29) is 72.4 Å². The zero-order valence-electron chi connectivity index (χ0n) is 10.2. The zero-order chi connectivity index (χ0) is 9.15. The second-order valence-electron chi connectivity index (χ2n) is 3.00. The molecular formula is C7H18CuLi2NSi2. The summed E-state index contributed by atoms with van der Waals surface area (Å²) in [7, 11) is 0.241. The Morgan fingerprint density at radius 3 is 0.692 bits per heavy atom. The molecule has 72 valence electrons. The van der Waals surface area contributed by atoms with Gasteiger partial charge in [-0.25, -0.2) is 0 Å². The van der Waals surface area contributed by atoms with Gasteiger partial charge in [-0.3, -0.25) is 17.6 Å². The van der Waals surface area contributed by atoms with E-state index in [2.05, 4.69) is 39.3 Å². The molecule has 0 amide bonds. The Bertz CT molecular complexity index is 61.2. The Kier molecular flexibility index (Phi) is 105. The molecule has 0 aromatic heterocycles. The van der Waals surface area contributed by atoms with Crippen LogP contribution in [0.1, 0.15) is 0 Å². The van der Waals surface area contributed by atoms with Gasteiger partial charge in [-0.15, -0.1) is 0 Å². The largest absolute Gasteiger partial charge is 1.00 e. The van der Waals surface area contributed by atoms with Crippen molar-refractivity contribution in [1.29, 1.82) is 5.26 Å². The molecule has 0 saturated carbocycles. The first-order valence-electron chi connectivity index (χ1n) is 3.22. The van der Waals surface area contributed by atoms with Crippen LogP contribution in [0.15, 0.2) is 0 Å². The van der Waals surface area contributed by atoms with Crippen molar-refractivity contribution in [3.05, 3.63) is 6.57 Å². The van der Waals surface area contributed by atoms with Gasteiger partial charge in [0, 0.05) is 0 Å². The van der Waals surface area contributed by atoms with E-state index in [9.17, 15) is 0 Å². The maximum atomic E-state index is 6.25. The van der Waals surface area contributed by atoms with Crippen molar-refractivity contribution in [1.82, 2.24) is 0 Å². The van der Waals surface area contributed by atoms with Crippen LogP contribution in [-0.2, 0) is 17.1 Å². The van der Waals surface area contributed by atoms with Crippen molar-refractivity contribution in [2.45, 2.75) is 39.3 Å². The summed E-state index contributed by atoms with van der Waals surface area (Å²) in [6.45, 7) is 18.4. The van der Waals surface area contributed by atoms with Crippen LogP contribution in [0.3, 0.4) is 0 Å². The van der Waals surface area contributed by atoms with E-state index in [0.29, 0.717) is 0 Å². The summed E-state index contributed by atoms with van der Waals surface area (Å²) in [5.74, 6) is 0. The molecular weight excluding hydrogens is 232 g/mol.